The van der Waals surface area contributed by atoms with Gasteiger partial charge in [-0.2, -0.15) is 0 Å². The molecule has 14 heavy (non-hydrogen) atoms. The van der Waals surface area contributed by atoms with Crippen molar-refractivity contribution in [3.05, 3.63) is 29.8 Å². The normalized spacial score (nSPS) is 10.9. The summed E-state index contributed by atoms with van der Waals surface area (Å²) in [5.74, 6) is 0. The Balaban J connectivity index is 2.41. The van der Waals surface area contributed by atoms with E-state index in [2.05, 4.69) is 49.3 Å². The van der Waals surface area contributed by atoms with E-state index in [-0.39, 0.29) is 0 Å². The summed E-state index contributed by atoms with van der Waals surface area (Å²) < 4.78 is 2.34. The van der Waals surface area contributed by atoms with Crippen molar-refractivity contribution in [2.45, 2.75) is 25.7 Å². The van der Waals surface area contributed by atoms with Gasteiger partial charge in [0.25, 0.3) is 0 Å². The summed E-state index contributed by atoms with van der Waals surface area (Å²) in [5, 5.41) is 0. The molecule has 0 atom stereocenters. The lowest BCUT2D eigenvalue weighted by molar-refractivity contribution is 0.530. The van der Waals surface area contributed by atoms with Gasteiger partial charge >= 0.3 is 0 Å². The topological polar surface area (TPSA) is 3.24 Å². The number of hydrogen-bond donors (Lipinski definition) is 0. The molecule has 1 rings (SSSR count). The predicted molar refractivity (Wildman–Crippen MR) is 67.5 cm³/mol. The molecule has 0 aromatic heterocycles. The lowest BCUT2D eigenvalue weighted by atomic mass is 10.2. The van der Waals surface area contributed by atoms with E-state index in [0.29, 0.717) is 0 Å². The van der Waals surface area contributed by atoms with Crippen LogP contribution in [0.2, 0.25) is 0 Å². The lowest BCUT2D eigenvalue weighted by Gasteiger charge is -2.15. The number of nitrogens with zero attached hydrogens (tertiary/aromatic N) is 1. The minimum atomic E-state index is 1.10. The van der Waals surface area contributed by atoms with E-state index in [9.17, 15) is 0 Å². The van der Waals surface area contributed by atoms with Crippen LogP contribution >= 0.6 is 21.8 Å². The third kappa shape index (κ3) is 3.95. The van der Waals surface area contributed by atoms with Gasteiger partial charge in [0.1, 0.15) is 0 Å². The van der Waals surface area contributed by atoms with Gasteiger partial charge in [0, 0.05) is 18.0 Å². The minimum absolute atomic E-state index is 1.10. The molecule has 0 spiro atoms. The van der Waals surface area contributed by atoms with Crippen molar-refractivity contribution in [2.24, 2.45) is 0 Å². The molecule has 0 fully saturated rings. The Labute approximate surface area is 94.8 Å². The maximum atomic E-state index is 2.34. The predicted octanol–water partition coefficient (Wildman–Crippen LogP) is 3.99. The number of benzene rings is 1. The van der Waals surface area contributed by atoms with Crippen LogP contribution in [0, 0.1) is 6.92 Å². The molecule has 1 nitrogen and oxygen atoms in total. The van der Waals surface area contributed by atoms with Gasteiger partial charge in [-0.05, 0) is 40.8 Å². The Morgan fingerprint density at radius 3 is 2.14 bits per heavy atom. The highest BCUT2D eigenvalue weighted by Gasteiger charge is 2.01. The first-order chi connectivity index (χ1) is 6.76. The van der Waals surface area contributed by atoms with Gasteiger partial charge in [0.05, 0.1) is 0 Å². The summed E-state index contributed by atoms with van der Waals surface area (Å²) in [6.45, 7) is 8.68. The first kappa shape index (κ1) is 12.0. The monoisotopic (exact) mass is 227 g/mol. The number of hydrogen-bond acceptors (Lipinski definition) is 3. The molecule has 0 aliphatic carbocycles. The van der Waals surface area contributed by atoms with E-state index >= 15 is 0 Å². The fourth-order valence-corrected chi connectivity index (χ4v) is 3.21. The van der Waals surface area contributed by atoms with Crippen molar-refractivity contribution >= 4 is 21.8 Å². The summed E-state index contributed by atoms with van der Waals surface area (Å²) in [5.41, 5.74) is 1.32. The van der Waals surface area contributed by atoms with Crippen molar-refractivity contribution in [1.29, 1.82) is 0 Å². The summed E-state index contributed by atoms with van der Waals surface area (Å²) >= 11 is 0. The lowest BCUT2D eigenvalue weighted by Crippen LogP contribution is -2.11. The quantitative estimate of drug-likeness (QED) is 0.553. The molecule has 1 aromatic rings. The van der Waals surface area contributed by atoms with Crippen LogP contribution in [0.15, 0.2) is 29.2 Å². The standard InChI is InChI=1S/C11H17NS2/c1-4-12(5-2)14-13-11-8-6-10(3)7-9-11/h6-9H,4-5H2,1-3H3. The van der Waals surface area contributed by atoms with E-state index in [4.69, 9.17) is 0 Å². The molecule has 0 bridgehead atoms. The van der Waals surface area contributed by atoms with Crippen molar-refractivity contribution in [1.82, 2.24) is 4.31 Å². The molecule has 0 amide bonds. The fraction of sp³-hybridized carbons (Fsp3) is 0.455. The summed E-state index contributed by atoms with van der Waals surface area (Å²) in [7, 11) is 3.66. The molecule has 0 heterocycles. The van der Waals surface area contributed by atoms with Crippen molar-refractivity contribution in [2.75, 3.05) is 13.1 Å². The zero-order valence-electron chi connectivity index (χ0n) is 8.99. The Morgan fingerprint density at radius 2 is 1.64 bits per heavy atom. The van der Waals surface area contributed by atoms with E-state index < -0.39 is 0 Å². The molecule has 0 aliphatic heterocycles. The van der Waals surface area contributed by atoms with E-state index in [1.165, 1.54) is 10.5 Å². The fourth-order valence-electron chi connectivity index (χ4n) is 1.02. The Bertz CT molecular complexity index is 254. The molecule has 1 aromatic carbocycles. The first-order valence-corrected chi connectivity index (χ1v) is 7.03. The van der Waals surface area contributed by atoms with Gasteiger partial charge in [-0.25, -0.2) is 4.31 Å². The van der Waals surface area contributed by atoms with Crippen LogP contribution in [0.4, 0.5) is 0 Å². The van der Waals surface area contributed by atoms with Gasteiger partial charge in [0.2, 0.25) is 0 Å². The van der Waals surface area contributed by atoms with E-state index in [1.54, 1.807) is 0 Å². The Hall–Kier alpha value is -0.120. The molecule has 0 saturated heterocycles. The van der Waals surface area contributed by atoms with Gasteiger partial charge in [-0.15, -0.1) is 0 Å². The molecule has 3 heteroatoms. The zero-order valence-corrected chi connectivity index (χ0v) is 10.6. The summed E-state index contributed by atoms with van der Waals surface area (Å²) in [4.78, 5) is 1.33. The SMILES string of the molecule is CCN(CC)SSc1ccc(C)cc1. The van der Waals surface area contributed by atoms with Crippen molar-refractivity contribution in [3.63, 3.8) is 0 Å². The van der Waals surface area contributed by atoms with Crippen molar-refractivity contribution in [3.8, 4) is 0 Å². The average Bonchev–Trinajstić information content (AvgIpc) is 2.22. The summed E-state index contributed by atoms with van der Waals surface area (Å²) in [6, 6.07) is 8.67. The second-order valence-electron chi connectivity index (χ2n) is 3.09. The maximum Gasteiger partial charge on any atom is 0.0195 e. The molecule has 0 saturated carbocycles. The highest BCUT2D eigenvalue weighted by molar-refractivity contribution is 8.75. The van der Waals surface area contributed by atoms with Crippen LogP contribution in [-0.2, 0) is 0 Å². The third-order valence-electron chi connectivity index (χ3n) is 1.97. The van der Waals surface area contributed by atoms with Gasteiger partial charge in [-0.3, -0.25) is 0 Å². The molecule has 78 valence electrons. The Morgan fingerprint density at radius 1 is 1.07 bits per heavy atom. The number of aryl methyl sites for hydroxylation is 1. The third-order valence-corrected chi connectivity index (χ3v) is 4.67. The Kier molecular flexibility index (Phi) is 5.45. The minimum Gasteiger partial charge on any atom is -0.242 e. The molecule has 0 N–H and O–H groups in total. The van der Waals surface area contributed by atoms with Crippen LogP contribution in [0.5, 0.6) is 0 Å². The molecule has 0 unspecified atom stereocenters. The highest BCUT2D eigenvalue weighted by Crippen LogP contribution is 2.33. The maximum absolute atomic E-state index is 2.34. The van der Waals surface area contributed by atoms with Crippen LogP contribution < -0.4 is 0 Å². The van der Waals surface area contributed by atoms with E-state index in [0.717, 1.165) is 13.1 Å². The average molecular weight is 227 g/mol. The molecular formula is C11H17NS2. The number of rotatable bonds is 5. The van der Waals surface area contributed by atoms with Crippen LogP contribution in [0.1, 0.15) is 19.4 Å². The van der Waals surface area contributed by atoms with E-state index in [1.807, 2.05) is 21.8 Å². The second kappa shape index (κ2) is 6.38. The zero-order chi connectivity index (χ0) is 10.4. The largest absolute Gasteiger partial charge is 0.242 e. The smallest absolute Gasteiger partial charge is 0.0195 e. The molecular weight excluding hydrogens is 210 g/mol. The van der Waals surface area contributed by atoms with Crippen LogP contribution in [0.3, 0.4) is 0 Å². The van der Waals surface area contributed by atoms with Crippen molar-refractivity contribution < 1.29 is 0 Å². The summed E-state index contributed by atoms with van der Waals surface area (Å²) in [6.07, 6.45) is 0. The second-order valence-corrected chi connectivity index (χ2v) is 5.34. The van der Waals surface area contributed by atoms with Gasteiger partial charge in [-0.1, -0.05) is 31.5 Å². The van der Waals surface area contributed by atoms with Gasteiger partial charge < -0.3 is 0 Å². The molecule has 0 radical (unpaired) electrons. The first-order valence-electron chi connectivity index (χ1n) is 4.92. The highest BCUT2D eigenvalue weighted by atomic mass is 33.1. The molecule has 0 aliphatic rings. The van der Waals surface area contributed by atoms with Crippen LogP contribution in [-0.4, -0.2) is 17.4 Å². The van der Waals surface area contributed by atoms with Gasteiger partial charge in [0.15, 0.2) is 0 Å². The van der Waals surface area contributed by atoms with Crippen LogP contribution in [0.25, 0.3) is 0 Å².